The maximum absolute atomic E-state index is 6.29. The second-order valence-corrected chi connectivity index (χ2v) is 11.5. The van der Waals surface area contributed by atoms with Gasteiger partial charge in [-0.3, -0.25) is 0 Å². The summed E-state index contributed by atoms with van der Waals surface area (Å²) in [5.41, 5.74) is 10.4. The molecule has 220 valence electrons. The minimum absolute atomic E-state index is 0.600. The van der Waals surface area contributed by atoms with Crippen LogP contribution < -0.4 is 10.6 Å². The highest BCUT2D eigenvalue weighted by Gasteiger charge is 2.19. The van der Waals surface area contributed by atoms with E-state index in [0.717, 1.165) is 50.0 Å². The number of nitrogens with zero attached hydrogens (tertiary/aromatic N) is 3. The largest absolute Gasteiger partial charge is 0.455 e. The maximum atomic E-state index is 6.29. The van der Waals surface area contributed by atoms with Crippen molar-refractivity contribution in [2.75, 3.05) is 0 Å². The summed E-state index contributed by atoms with van der Waals surface area (Å²) >= 11 is 0. The normalized spacial score (nSPS) is 12.3. The van der Waals surface area contributed by atoms with Crippen molar-refractivity contribution in [3.63, 3.8) is 0 Å². The first-order chi connectivity index (χ1) is 22.5. The van der Waals surface area contributed by atoms with Crippen molar-refractivity contribution in [1.29, 1.82) is 0 Å². The van der Waals surface area contributed by atoms with Gasteiger partial charge in [0.25, 0.3) is 0 Å². The van der Waals surface area contributed by atoms with E-state index in [1.807, 2.05) is 18.2 Å². The Labute approximate surface area is 266 Å². The van der Waals surface area contributed by atoms with E-state index < -0.39 is 0 Å². The number of fused-ring (bicyclic) bond motifs is 6. The molecule has 4 aromatic carbocycles. The summed E-state index contributed by atoms with van der Waals surface area (Å²) in [6.07, 6.45) is 5.22. The lowest BCUT2D eigenvalue weighted by molar-refractivity contribution is 0.519. The number of allylic oxidation sites excluding steroid dienone is 1. The number of aryl methyl sites for hydroxylation is 1. The summed E-state index contributed by atoms with van der Waals surface area (Å²) in [5.74, 6) is 0.621. The van der Waals surface area contributed by atoms with E-state index in [1.54, 1.807) is 18.2 Å². The van der Waals surface area contributed by atoms with E-state index in [9.17, 15) is 0 Å². The summed E-state index contributed by atoms with van der Waals surface area (Å²) in [4.78, 5) is 5.18. The van der Waals surface area contributed by atoms with Crippen molar-refractivity contribution in [2.24, 2.45) is 7.05 Å². The predicted molar refractivity (Wildman–Crippen MR) is 194 cm³/mol. The van der Waals surface area contributed by atoms with Gasteiger partial charge in [-0.1, -0.05) is 105 Å². The molecule has 0 radical (unpaired) electrons. The zero-order chi connectivity index (χ0) is 31.5. The predicted octanol–water partition coefficient (Wildman–Crippen LogP) is 9.16. The summed E-state index contributed by atoms with van der Waals surface area (Å²) in [5, 5.41) is 5.56. The van der Waals surface area contributed by atoms with Crippen LogP contribution in [0, 0.1) is 0 Å². The molecule has 4 nitrogen and oxygen atoms in total. The standard InChI is InChI=1S/C42H31N3O/c1-6-29-26(4)42(46-41(29)8-3)30(7-2)36-23-28(22-35(43-36)27-16-10-9-11-17-27)45-38-21-15-13-19-32(38)34-24-39-33(25-40(34)45)31-18-12-14-20-37(31)44(39)5/h6-25H,1-4H2,5H3/b42-30-. The third kappa shape index (κ3) is 3.97. The molecule has 0 bridgehead atoms. The number of hydrogen-bond donors (Lipinski definition) is 0. The van der Waals surface area contributed by atoms with Gasteiger partial charge in [0.05, 0.1) is 28.1 Å². The van der Waals surface area contributed by atoms with Crippen molar-refractivity contribution in [3.8, 4) is 16.9 Å². The van der Waals surface area contributed by atoms with Crippen molar-refractivity contribution in [2.45, 2.75) is 0 Å². The average Bonchev–Trinajstić information content (AvgIpc) is 3.70. The zero-order valence-electron chi connectivity index (χ0n) is 25.6. The van der Waals surface area contributed by atoms with E-state index in [4.69, 9.17) is 9.40 Å². The maximum Gasteiger partial charge on any atom is 0.144 e. The Balaban J connectivity index is 1.51. The molecule has 0 atom stereocenters. The minimum Gasteiger partial charge on any atom is -0.455 e. The van der Waals surface area contributed by atoms with Crippen LogP contribution in [0.15, 0.2) is 133 Å². The monoisotopic (exact) mass is 593 g/mol. The minimum atomic E-state index is 0.600. The number of hydrogen-bond acceptors (Lipinski definition) is 2. The van der Waals surface area contributed by atoms with E-state index in [0.29, 0.717) is 11.2 Å². The van der Waals surface area contributed by atoms with Gasteiger partial charge in [-0.15, -0.1) is 0 Å². The van der Waals surface area contributed by atoms with Gasteiger partial charge in [0, 0.05) is 61.5 Å². The lowest BCUT2D eigenvalue weighted by atomic mass is 10.1. The number of para-hydroxylation sites is 2. The Hall–Kier alpha value is -6.13. The Morgan fingerprint density at radius 1 is 0.696 bits per heavy atom. The van der Waals surface area contributed by atoms with Gasteiger partial charge in [0.2, 0.25) is 0 Å². The molecular formula is C42H31N3O. The molecule has 0 saturated heterocycles. The Bertz CT molecular complexity index is 2660. The van der Waals surface area contributed by atoms with Crippen LogP contribution in [0.3, 0.4) is 0 Å². The molecule has 8 rings (SSSR count). The van der Waals surface area contributed by atoms with Crippen LogP contribution in [0.4, 0.5) is 0 Å². The summed E-state index contributed by atoms with van der Waals surface area (Å²) < 4.78 is 10.9. The van der Waals surface area contributed by atoms with Crippen LogP contribution in [0.25, 0.3) is 84.9 Å². The Morgan fingerprint density at radius 3 is 2.04 bits per heavy atom. The summed E-state index contributed by atoms with van der Waals surface area (Å²) in [6, 6.07) is 36.4. The van der Waals surface area contributed by atoms with Gasteiger partial charge in [-0.2, -0.15) is 0 Å². The lowest BCUT2D eigenvalue weighted by Gasteiger charge is -2.13. The van der Waals surface area contributed by atoms with Gasteiger partial charge in [-0.25, -0.2) is 4.98 Å². The van der Waals surface area contributed by atoms with Gasteiger partial charge in [-0.05, 0) is 42.5 Å². The van der Waals surface area contributed by atoms with Crippen molar-refractivity contribution >= 4 is 67.9 Å². The first-order valence-corrected chi connectivity index (χ1v) is 15.2. The highest BCUT2D eigenvalue weighted by atomic mass is 16.3. The average molecular weight is 594 g/mol. The molecule has 8 aromatic rings. The highest BCUT2D eigenvalue weighted by Crippen LogP contribution is 2.38. The van der Waals surface area contributed by atoms with Gasteiger partial charge >= 0.3 is 0 Å². The molecular weight excluding hydrogens is 562 g/mol. The number of aromatic nitrogens is 3. The van der Waals surface area contributed by atoms with Gasteiger partial charge < -0.3 is 13.6 Å². The third-order valence-corrected chi connectivity index (χ3v) is 9.04. The molecule has 4 aromatic heterocycles. The third-order valence-electron chi connectivity index (χ3n) is 9.04. The first kappa shape index (κ1) is 27.4. The molecule has 0 amide bonds. The van der Waals surface area contributed by atoms with Crippen molar-refractivity contribution in [1.82, 2.24) is 14.1 Å². The van der Waals surface area contributed by atoms with E-state index >= 15 is 0 Å². The molecule has 0 spiro atoms. The topological polar surface area (TPSA) is 35.9 Å². The van der Waals surface area contributed by atoms with Crippen LogP contribution in [0.2, 0.25) is 0 Å². The van der Waals surface area contributed by atoms with Crippen LogP contribution in [-0.4, -0.2) is 14.1 Å². The Kier molecular flexibility index (Phi) is 6.26. The number of benzene rings is 4. The highest BCUT2D eigenvalue weighted by molar-refractivity contribution is 6.18. The van der Waals surface area contributed by atoms with E-state index in [1.165, 1.54) is 32.6 Å². The summed E-state index contributed by atoms with van der Waals surface area (Å²) in [6.45, 7) is 16.4. The molecule has 0 aliphatic carbocycles. The van der Waals surface area contributed by atoms with E-state index in [2.05, 4.69) is 127 Å². The van der Waals surface area contributed by atoms with E-state index in [-0.39, 0.29) is 0 Å². The fraction of sp³-hybridized carbons (Fsp3) is 0.0238. The number of pyridine rings is 1. The fourth-order valence-electron chi connectivity index (χ4n) is 6.84. The van der Waals surface area contributed by atoms with Crippen LogP contribution >= 0.6 is 0 Å². The SMILES string of the molecule is C=C/C(c1cc(-n2c3ccccc3c3cc4c(cc32)c2ccccc2n4C)cc(-c2ccccc2)n1)=c1/oc(C=C)c(C=C)c1=C. The van der Waals surface area contributed by atoms with Crippen molar-refractivity contribution in [3.05, 3.63) is 157 Å². The quantitative estimate of drug-likeness (QED) is 0.193. The molecule has 0 N–H and O–H groups in total. The molecule has 0 aliphatic heterocycles. The van der Waals surface area contributed by atoms with Gasteiger partial charge in [0.1, 0.15) is 11.2 Å². The van der Waals surface area contributed by atoms with Crippen LogP contribution in [0.1, 0.15) is 17.0 Å². The molecule has 46 heavy (non-hydrogen) atoms. The van der Waals surface area contributed by atoms with Crippen LogP contribution in [-0.2, 0) is 7.05 Å². The molecule has 0 fully saturated rings. The Morgan fingerprint density at radius 2 is 1.35 bits per heavy atom. The summed E-state index contributed by atoms with van der Waals surface area (Å²) in [7, 11) is 2.14. The second kappa shape index (κ2) is 10.5. The number of furan rings is 1. The van der Waals surface area contributed by atoms with Crippen LogP contribution in [0.5, 0.6) is 0 Å². The molecule has 0 saturated carbocycles. The molecule has 4 heterocycles. The van der Waals surface area contributed by atoms with Gasteiger partial charge in [0.15, 0.2) is 0 Å². The first-order valence-electron chi connectivity index (χ1n) is 15.2. The second-order valence-electron chi connectivity index (χ2n) is 11.5. The van der Waals surface area contributed by atoms with Crippen molar-refractivity contribution < 1.29 is 4.42 Å². The molecule has 4 heteroatoms. The zero-order valence-corrected chi connectivity index (χ0v) is 25.6. The smallest absolute Gasteiger partial charge is 0.144 e. The molecule has 0 unspecified atom stereocenters. The fourth-order valence-corrected chi connectivity index (χ4v) is 6.84. The number of rotatable bonds is 6. The lowest BCUT2D eigenvalue weighted by Crippen LogP contribution is -2.23. The molecule has 0 aliphatic rings.